The van der Waals surface area contributed by atoms with Crippen molar-refractivity contribution in [1.82, 2.24) is 4.98 Å². The lowest BCUT2D eigenvalue weighted by Crippen LogP contribution is -2.08. The summed E-state index contributed by atoms with van der Waals surface area (Å²) in [6, 6.07) is -0.139. The van der Waals surface area contributed by atoms with E-state index in [0.29, 0.717) is 11.6 Å². The number of hydrogen-bond donors (Lipinski definition) is 1. The quantitative estimate of drug-likeness (QED) is 0.748. The van der Waals surface area contributed by atoms with Crippen LogP contribution in [-0.2, 0) is 4.74 Å². The van der Waals surface area contributed by atoms with E-state index in [4.69, 9.17) is 10.5 Å². The number of thiazole rings is 1. The first kappa shape index (κ1) is 10.1. The van der Waals surface area contributed by atoms with Gasteiger partial charge in [-0.1, -0.05) is 0 Å². The highest BCUT2D eigenvalue weighted by Gasteiger charge is 2.13. The van der Waals surface area contributed by atoms with Crippen LogP contribution < -0.4 is 5.73 Å². The fourth-order valence-electron chi connectivity index (χ4n) is 0.782. The molecule has 0 amide bonds. The highest BCUT2D eigenvalue weighted by atomic mass is 32.1. The largest absolute Gasteiger partial charge is 0.461 e. The minimum absolute atomic E-state index is 0.139. The van der Waals surface area contributed by atoms with E-state index in [-0.39, 0.29) is 12.0 Å². The average Bonchev–Trinajstić information content (AvgIpc) is 2.52. The summed E-state index contributed by atoms with van der Waals surface area (Å²) < 4.78 is 4.79. The highest BCUT2D eigenvalue weighted by molar-refractivity contribution is 7.11. The molecule has 0 spiro atoms. The Bertz CT molecular complexity index is 296. The van der Waals surface area contributed by atoms with Crippen LogP contribution in [0.2, 0.25) is 0 Å². The summed E-state index contributed by atoms with van der Waals surface area (Å²) in [7, 11) is 0. The van der Waals surface area contributed by atoms with Gasteiger partial charge >= 0.3 is 5.97 Å². The Kier molecular flexibility index (Phi) is 3.39. The van der Waals surface area contributed by atoms with Gasteiger partial charge < -0.3 is 10.5 Å². The van der Waals surface area contributed by atoms with Crippen molar-refractivity contribution in [2.75, 3.05) is 6.61 Å². The molecule has 0 radical (unpaired) electrons. The lowest BCUT2D eigenvalue weighted by Gasteiger charge is -1.98. The van der Waals surface area contributed by atoms with Crippen LogP contribution in [0.15, 0.2) is 5.38 Å². The molecule has 1 unspecified atom stereocenters. The zero-order valence-electron chi connectivity index (χ0n) is 7.61. The fraction of sp³-hybridized carbons (Fsp3) is 0.500. The summed E-state index contributed by atoms with van der Waals surface area (Å²) in [5.74, 6) is -0.376. The van der Waals surface area contributed by atoms with Crippen LogP contribution in [0.1, 0.15) is 35.4 Å². The van der Waals surface area contributed by atoms with Gasteiger partial charge in [0.25, 0.3) is 0 Å². The maximum atomic E-state index is 11.2. The molecule has 1 aromatic rings. The van der Waals surface area contributed by atoms with Crippen molar-refractivity contribution in [3.05, 3.63) is 16.1 Å². The first-order valence-corrected chi connectivity index (χ1v) is 4.91. The van der Waals surface area contributed by atoms with Gasteiger partial charge in [0.05, 0.1) is 12.3 Å². The van der Waals surface area contributed by atoms with Crippen LogP contribution in [0.3, 0.4) is 0 Å². The number of esters is 1. The van der Waals surface area contributed by atoms with Gasteiger partial charge in [0.1, 0.15) is 0 Å². The van der Waals surface area contributed by atoms with E-state index >= 15 is 0 Å². The van der Waals surface area contributed by atoms with Crippen LogP contribution in [-0.4, -0.2) is 17.6 Å². The molecule has 0 aromatic carbocycles. The van der Waals surface area contributed by atoms with E-state index in [1.54, 1.807) is 12.3 Å². The fourth-order valence-corrected chi connectivity index (χ4v) is 1.59. The predicted octanol–water partition coefficient (Wildman–Crippen LogP) is 1.34. The maximum Gasteiger partial charge on any atom is 0.367 e. The van der Waals surface area contributed by atoms with Gasteiger partial charge in [-0.2, -0.15) is 0 Å². The van der Waals surface area contributed by atoms with E-state index in [9.17, 15) is 4.79 Å². The molecule has 4 nitrogen and oxygen atoms in total. The third-order valence-electron chi connectivity index (χ3n) is 1.44. The van der Waals surface area contributed by atoms with Crippen LogP contribution in [0, 0.1) is 0 Å². The number of nitrogens with two attached hydrogens (primary N) is 1. The summed E-state index contributed by atoms with van der Waals surface area (Å²) in [5.41, 5.74) is 6.32. The zero-order valence-corrected chi connectivity index (χ0v) is 8.43. The number of ether oxygens (including phenoxy) is 1. The summed E-state index contributed by atoms with van der Waals surface area (Å²) in [6.07, 6.45) is 0. The third-order valence-corrected chi connectivity index (χ3v) is 2.28. The van der Waals surface area contributed by atoms with Crippen molar-refractivity contribution < 1.29 is 9.53 Å². The van der Waals surface area contributed by atoms with Gasteiger partial charge in [0.2, 0.25) is 5.01 Å². The number of rotatable bonds is 3. The van der Waals surface area contributed by atoms with Gasteiger partial charge in [-0.05, 0) is 13.8 Å². The molecular weight excluding hydrogens is 188 g/mol. The lowest BCUT2D eigenvalue weighted by molar-refractivity contribution is 0.0525. The van der Waals surface area contributed by atoms with Crippen molar-refractivity contribution in [3.63, 3.8) is 0 Å². The first-order chi connectivity index (χ1) is 6.15. The number of carbonyl (C=O) groups excluding carboxylic acids is 1. The maximum absolute atomic E-state index is 11.2. The molecule has 1 heterocycles. The standard InChI is InChI=1S/C8H12N2O2S/c1-3-12-8(11)7-10-6(4-13-7)5(2)9/h4-5H,3,9H2,1-2H3. The molecule has 0 saturated heterocycles. The Hall–Kier alpha value is -0.940. The molecule has 0 aliphatic rings. The Morgan fingerprint density at radius 2 is 2.54 bits per heavy atom. The second kappa shape index (κ2) is 4.34. The molecule has 13 heavy (non-hydrogen) atoms. The molecule has 1 rings (SSSR count). The average molecular weight is 200 g/mol. The van der Waals surface area contributed by atoms with E-state index in [2.05, 4.69) is 4.98 Å². The van der Waals surface area contributed by atoms with Crippen LogP contribution in [0.25, 0.3) is 0 Å². The van der Waals surface area contributed by atoms with Crippen molar-refractivity contribution in [1.29, 1.82) is 0 Å². The Morgan fingerprint density at radius 3 is 3.00 bits per heavy atom. The zero-order chi connectivity index (χ0) is 9.84. The number of carbonyl (C=O) groups is 1. The van der Waals surface area contributed by atoms with Gasteiger partial charge in [0, 0.05) is 11.4 Å². The molecule has 0 aliphatic heterocycles. The molecule has 1 aromatic heterocycles. The number of aromatic nitrogens is 1. The van der Waals surface area contributed by atoms with E-state index < -0.39 is 0 Å². The first-order valence-electron chi connectivity index (χ1n) is 4.03. The van der Waals surface area contributed by atoms with Gasteiger partial charge in [0.15, 0.2) is 0 Å². The lowest BCUT2D eigenvalue weighted by atomic mass is 10.3. The second-order valence-corrected chi connectivity index (χ2v) is 3.44. The van der Waals surface area contributed by atoms with Crippen molar-refractivity contribution >= 4 is 17.3 Å². The number of nitrogens with zero attached hydrogens (tertiary/aromatic N) is 1. The topological polar surface area (TPSA) is 65.2 Å². The Balaban J connectivity index is 2.73. The molecule has 0 bridgehead atoms. The molecule has 1 atom stereocenters. The van der Waals surface area contributed by atoms with Crippen LogP contribution in [0.4, 0.5) is 0 Å². The Labute approximate surface area is 80.7 Å². The van der Waals surface area contributed by atoms with Gasteiger partial charge in [-0.15, -0.1) is 11.3 Å². The van der Waals surface area contributed by atoms with E-state index in [1.165, 1.54) is 11.3 Å². The third kappa shape index (κ3) is 2.50. The summed E-state index contributed by atoms with van der Waals surface area (Å²) >= 11 is 1.26. The summed E-state index contributed by atoms with van der Waals surface area (Å²) in [4.78, 5) is 15.2. The predicted molar refractivity (Wildman–Crippen MR) is 50.7 cm³/mol. The summed E-state index contributed by atoms with van der Waals surface area (Å²) in [6.45, 7) is 3.95. The number of hydrogen-bond acceptors (Lipinski definition) is 5. The van der Waals surface area contributed by atoms with Crippen molar-refractivity contribution in [3.8, 4) is 0 Å². The monoisotopic (exact) mass is 200 g/mol. The SMILES string of the molecule is CCOC(=O)c1nc(C(C)N)cs1. The van der Waals surface area contributed by atoms with Gasteiger partial charge in [-0.25, -0.2) is 9.78 Å². The normalized spacial score (nSPS) is 12.5. The van der Waals surface area contributed by atoms with E-state index in [1.807, 2.05) is 6.92 Å². The minimum Gasteiger partial charge on any atom is -0.461 e. The molecule has 2 N–H and O–H groups in total. The Morgan fingerprint density at radius 1 is 1.85 bits per heavy atom. The van der Waals surface area contributed by atoms with Crippen LogP contribution in [0.5, 0.6) is 0 Å². The molecule has 5 heteroatoms. The van der Waals surface area contributed by atoms with E-state index in [0.717, 1.165) is 5.69 Å². The second-order valence-electron chi connectivity index (χ2n) is 2.59. The minimum atomic E-state index is -0.376. The molecule has 0 aliphatic carbocycles. The molecule has 0 fully saturated rings. The van der Waals surface area contributed by atoms with Crippen molar-refractivity contribution in [2.24, 2.45) is 5.73 Å². The highest BCUT2D eigenvalue weighted by Crippen LogP contribution is 2.15. The summed E-state index contributed by atoms with van der Waals surface area (Å²) in [5, 5.41) is 2.14. The van der Waals surface area contributed by atoms with Crippen LogP contribution >= 0.6 is 11.3 Å². The van der Waals surface area contributed by atoms with Gasteiger partial charge in [-0.3, -0.25) is 0 Å². The van der Waals surface area contributed by atoms with Crippen molar-refractivity contribution in [2.45, 2.75) is 19.9 Å². The molecular formula is C8H12N2O2S. The smallest absolute Gasteiger partial charge is 0.367 e. The molecule has 0 saturated carbocycles. The molecule has 72 valence electrons.